The maximum Gasteiger partial charge on any atom is 0.362 e. The minimum absolute atomic E-state index is 0.0346. The highest BCUT2D eigenvalue weighted by Crippen LogP contribution is 2.06. The fourth-order valence-corrected chi connectivity index (χ4v) is 2.41. The monoisotopic (exact) mass is 337 g/mol. The molecule has 0 aliphatic heterocycles. The van der Waals surface area contributed by atoms with Gasteiger partial charge in [0.2, 0.25) is 5.69 Å². The highest BCUT2D eigenvalue weighted by molar-refractivity contribution is 5.84. The molecule has 1 N–H and O–H groups in total. The summed E-state index contributed by atoms with van der Waals surface area (Å²) < 4.78 is 1.82. The summed E-state index contributed by atoms with van der Waals surface area (Å²) in [5, 5.41) is 13.0. The molecular formula is C18H15N3O4. The van der Waals surface area contributed by atoms with Crippen molar-refractivity contribution in [2.45, 2.75) is 13.5 Å². The molecule has 1 aromatic heterocycles. The molecule has 3 rings (SSSR count). The van der Waals surface area contributed by atoms with Gasteiger partial charge in [-0.2, -0.15) is 9.78 Å². The number of aromatic nitrogens is 3. The van der Waals surface area contributed by atoms with E-state index in [0.717, 1.165) is 14.8 Å². The van der Waals surface area contributed by atoms with E-state index in [1.54, 1.807) is 48.5 Å². The van der Waals surface area contributed by atoms with Crippen LogP contribution in [0.4, 0.5) is 0 Å². The highest BCUT2D eigenvalue weighted by Gasteiger charge is 2.19. The number of aryl methyl sites for hydroxylation is 1. The molecule has 0 bridgehead atoms. The van der Waals surface area contributed by atoms with Gasteiger partial charge in [-0.3, -0.25) is 9.36 Å². The molecule has 0 saturated carbocycles. The van der Waals surface area contributed by atoms with Crippen molar-refractivity contribution in [2.24, 2.45) is 0 Å². The van der Waals surface area contributed by atoms with Crippen LogP contribution in [0.2, 0.25) is 0 Å². The number of rotatable bonds is 4. The molecule has 126 valence electrons. The smallest absolute Gasteiger partial charge is 0.362 e. The lowest BCUT2D eigenvalue weighted by atomic mass is 10.2. The van der Waals surface area contributed by atoms with E-state index in [-0.39, 0.29) is 6.54 Å². The van der Waals surface area contributed by atoms with Crippen LogP contribution >= 0.6 is 0 Å². The van der Waals surface area contributed by atoms with Crippen LogP contribution < -0.4 is 11.2 Å². The molecule has 7 heteroatoms. The van der Waals surface area contributed by atoms with Gasteiger partial charge in [-0.1, -0.05) is 48.0 Å². The van der Waals surface area contributed by atoms with Crippen molar-refractivity contribution in [2.75, 3.05) is 0 Å². The van der Waals surface area contributed by atoms with E-state index in [2.05, 4.69) is 5.10 Å². The van der Waals surface area contributed by atoms with Gasteiger partial charge in [0.1, 0.15) is 0 Å². The third-order valence-electron chi connectivity index (χ3n) is 3.72. The van der Waals surface area contributed by atoms with E-state index in [0.29, 0.717) is 11.3 Å². The van der Waals surface area contributed by atoms with Crippen LogP contribution in [0.1, 0.15) is 21.6 Å². The molecule has 0 aliphatic rings. The number of hydrogen-bond donors (Lipinski definition) is 1. The second-order valence-electron chi connectivity index (χ2n) is 5.56. The molecule has 1 heterocycles. The molecule has 0 amide bonds. The Morgan fingerprint density at radius 3 is 2.28 bits per heavy atom. The lowest BCUT2D eigenvalue weighted by Crippen LogP contribution is -2.44. The summed E-state index contributed by atoms with van der Waals surface area (Å²) in [5.74, 6) is -1.48. The van der Waals surface area contributed by atoms with Gasteiger partial charge < -0.3 is 5.11 Å². The van der Waals surface area contributed by atoms with Gasteiger partial charge >= 0.3 is 11.7 Å². The van der Waals surface area contributed by atoms with Crippen molar-refractivity contribution in [3.05, 3.63) is 92.3 Å². The topological polar surface area (TPSA) is 94.2 Å². The van der Waals surface area contributed by atoms with Gasteiger partial charge in [0, 0.05) is 0 Å². The maximum atomic E-state index is 12.7. The number of carbonyl (C=O) groups is 1. The number of nitrogens with zero attached hydrogens (tertiary/aromatic N) is 3. The summed E-state index contributed by atoms with van der Waals surface area (Å²) in [6.07, 6.45) is 0. The van der Waals surface area contributed by atoms with Crippen molar-refractivity contribution in [1.82, 2.24) is 14.3 Å². The predicted octanol–water partition coefficient (Wildman–Crippen LogP) is 1.45. The third-order valence-corrected chi connectivity index (χ3v) is 3.72. The maximum absolute atomic E-state index is 12.7. The van der Waals surface area contributed by atoms with Gasteiger partial charge in [0.05, 0.1) is 12.2 Å². The zero-order chi connectivity index (χ0) is 18.0. The normalized spacial score (nSPS) is 10.6. The fraction of sp³-hybridized carbons (Fsp3) is 0.111. The van der Waals surface area contributed by atoms with Gasteiger partial charge in [-0.05, 0) is 24.6 Å². The quantitative estimate of drug-likeness (QED) is 0.777. The lowest BCUT2D eigenvalue weighted by molar-refractivity contribution is 0.0684. The van der Waals surface area contributed by atoms with Crippen molar-refractivity contribution in [3.63, 3.8) is 0 Å². The van der Waals surface area contributed by atoms with Crippen LogP contribution in [0.3, 0.4) is 0 Å². The van der Waals surface area contributed by atoms with Crippen molar-refractivity contribution < 1.29 is 9.90 Å². The molecule has 2 aromatic carbocycles. The number of carboxylic acid groups (broad SMARTS) is 1. The highest BCUT2D eigenvalue weighted by atomic mass is 16.4. The van der Waals surface area contributed by atoms with Crippen molar-refractivity contribution in [1.29, 1.82) is 0 Å². The first-order chi connectivity index (χ1) is 12.0. The molecule has 0 atom stereocenters. The first kappa shape index (κ1) is 16.4. The van der Waals surface area contributed by atoms with Crippen molar-refractivity contribution in [3.8, 4) is 5.69 Å². The van der Waals surface area contributed by atoms with Crippen LogP contribution in [0.25, 0.3) is 5.69 Å². The van der Waals surface area contributed by atoms with Gasteiger partial charge in [0.15, 0.2) is 0 Å². The molecule has 0 saturated heterocycles. The Bertz CT molecular complexity index is 1030. The van der Waals surface area contributed by atoms with E-state index in [1.807, 2.05) is 13.0 Å². The van der Waals surface area contributed by atoms with E-state index in [1.165, 1.54) is 0 Å². The van der Waals surface area contributed by atoms with E-state index in [9.17, 15) is 19.5 Å². The molecule has 7 nitrogen and oxygen atoms in total. The standard InChI is InChI=1S/C18H15N3O4/c1-12-7-9-14(10-8-12)21-18(25)20(11-13-5-3-2-4-6-13)16(22)15(19-21)17(23)24/h2-10H,11H2,1H3,(H,23,24). The first-order valence-corrected chi connectivity index (χ1v) is 7.56. The zero-order valence-electron chi connectivity index (χ0n) is 13.4. The van der Waals surface area contributed by atoms with Crippen molar-refractivity contribution >= 4 is 5.97 Å². The van der Waals surface area contributed by atoms with E-state index in [4.69, 9.17) is 0 Å². The summed E-state index contributed by atoms with van der Waals surface area (Å²) in [7, 11) is 0. The Morgan fingerprint density at radius 1 is 1.04 bits per heavy atom. The summed E-state index contributed by atoms with van der Waals surface area (Å²) in [6.45, 7) is 1.85. The third kappa shape index (κ3) is 3.25. The molecular weight excluding hydrogens is 322 g/mol. The molecule has 0 radical (unpaired) electrons. The molecule has 25 heavy (non-hydrogen) atoms. The number of carboxylic acids is 1. The predicted molar refractivity (Wildman–Crippen MR) is 91.3 cm³/mol. The van der Waals surface area contributed by atoms with Gasteiger partial charge in [-0.25, -0.2) is 9.59 Å². The SMILES string of the molecule is Cc1ccc(-n2nc(C(=O)O)c(=O)n(Cc3ccccc3)c2=O)cc1. The summed E-state index contributed by atoms with van der Waals surface area (Å²) >= 11 is 0. The molecule has 0 spiro atoms. The summed E-state index contributed by atoms with van der Waals surface area (Å²) in [6, 6.07) is 15.7. The Morgan fingerprint density at radius 2 is 1.68 bits per heavy atom. The van der Waals surface area contributed by atoms with E-state index < -0.39 is 22.9 Å². The van der Waals surface area contributed by atoms with Crippen LogP contribution in [-0.4, -0.2) is 25.4 Å². The second kappa shape index (κ2) is 6.56. The van der Waals surface area contributed by atoms with Crippen LogP contribution in [0.5, 0.6) is 0 Å². The average molecular weight is 337 g/mol. The lowest BCUT2D eigenvalue weighted by Gasteiger charge is -2.11. The van der Waals surface area contributed by atoms with E-state index >= 15 is 0 Å². The molecule has 0 aliphatic carbocycles. The minimum Gasteiger partial charge on any atom is -0.476 e. The Hall–Kier alpha value is -3.48. The number of aromatic carboxylic acids is 1. The summed E-state index contributed by atoms with van der Waals surface area (Å²) in [5.41, 5.74) is -0.240. The number of benzene rings is 2. The molecule has 0 unspecified atom stereocenters. The first-order valence-electron chi connectivity index (χ1n) is 7.56. The Kier molecular flexibility index (Phi) is 4.30. The van der Waals surface area contributed by atoms with Crippen LogP contribution in [-0.2, 0) is 6.54 Å². The molecule has 0 fully saturated rings. The zero-order valence-corrected chi connectivity index (χ0v) is 13.4. The van der Waals surface area contributed by atoms with Crippen LogP contribution in [0.15, 0.2) is 64.2 Å². The van der Waals surface area contributed by atoms with Gasteiger partial charge in [-0.15, -0.1) is 0 Å². The Labute approximate surface area is 142 Å². The number of hydrogen-bond acceptors (Lipinski definition) is 4. The summed E-state index contributed by atoms with van der Waals surface area (Å²) in [4.78, 5) is 36.5. The van der Waals surface area contributed by atoms with Gasteiger partial charge in [0.25, 0.3) is 5.56 Å². The average Bonchev–Trinajstić information content (AvgIpc) is 2.60. The fourth-order valence-electron chi connectivity index (χ4n) is 2.41. The molecule has 3 aromatic rings. The largest absolute Gasteiger partial charge is 0.476 e. The minimum atomic E-state index is -1.48. The van der Waals surface area contributed by atoms with Crippen LogP contribution in [0, 0.1) is 6.92 Å². The second-order valence-corrected chi connectivity index (χ2v) is 5.56. The Balaban J connectivity index is 2.23.